The first-order chi connectivity index (χ1) is 13.5. The molecule has 10 heteroatoms. The van der Waals surface area contributed by atoms with Gasteiger partial charge in [-0.25, -0.2) is 4.79 Å². The molecule has 0 bridgehead atoms. The Bertz CT molecular complexity index is 555. The van der Waals surface area contributed by atoms with Gasteiger partial charge in [-0.1, -0.05) is 34.1 Å². The minimum Gasteiger partial charge on any atom is -0.480 e. The minimum atomic E-state index is -1.14. The van der Waals surface area contributed by atoms with Crippen LogP contribution in [0.15, 0.2) is 0 Å². The summed E-state index contributed by atoms with van der Waals surface area (Å²) in [5, 5.41) is 16.8. The number of rotatable bonds is 14. The molecule has 0 aromatic carbocycles. The Morgan fingerprint density at radius 2 is 1.62 bits per heavy atom. The average Bonchev–Trinajstić information content (AvgIpc) is 2.67. The Labute approximate surface area is 172 Å². The molecule has 0 aliphatic heterocycles. The maximum Gasteiger partial charge on any atom is 0.326 e. The zero-order valence-electron chi connectivity index (χ0n) is 17.9. The van der Waals surface area contributed by atoms with Gasteiger partial charge in [0.25, 0.3) is 0 Å². The van der Waals surface area contributed by atoms with Crippen LogP contribution < -0.4 is 27.4 Å². The Balaban J connectivity index is 4.79. The van der Waals surface area contributed by atoms with Crippen molar-refractivity contribution in [2.24, 2.45) is 23.3 Å². The molecule has 0 aromatic heterocycles. The highest BCUT2D eigenvalue weighted by atomic mass is 16.4. The van der Waals surface area contributed by atoms with Crippen LogP contribution >= 0.6 is 0 Å². The van der Waals surface area contributed by atoms with Crippen LogP contribution in [0.1, 0.15) is 53.4 Å². The van der Waals surface area contributed by atoms with Crippen molar-refractivity contribution in [3.8, 4) is 0 Å². The van der Waals surface area contributed by atoms with Gasteiger partial charge in [-0.3, -0.25) is 14.4 Å². The summed E-state index contributed by atoms with van der Waals surface area (Å²) in [5.41, 5.74) is 11.2. The maximum atomic E-state index is 12.5. The lowest BCUT2D eigenvalue weighted by molar-refractivity contribution is -0.142. The second-order valence-corrected chi connectivity index (χ2v) is 7.60. The van der Waals surface area contributed by atoms with Crippen molar-refractivity contribution in [1.29, 1.82) is 0 Å². The molecule has 0 saturated carbocycles. The third-order valence-corrected chi connectivity index (χ3v) is 4.81. The lowest BCUT2D eigenvalue weighted by Gasteiger charge is -2.24. The number of carbonyl (C=O) groups excluding carboxylic acids is 3. The number of unbranched alkanes of at least 4 members (excludes halogenated alkanes) is 1. The van der Waals surface area contributed by atoms with Gasteiger partial charge in [-0.15, -0.1) is 0 Å². The Morgan fingerprint density at radius 3 is 2.10 bits per heavy atom. The van der Waals surface area contributed by atoms with Crippen molar-refractivity contribution in [3.63, 3.8) is 0 Å². The van der Waals surface area contributed by atoms with E-state index in [-0.39, 0.29) is 24.8 Å². The van der Waals surface area contributed by atoms with Gasteiger partial charge in [0.05, 0.1) is 12.6 Å². The van der Waals surface area contributed by atoms with Crippen molar-refractivity contribution in [2.45, 2.75) is 71.5 Å². The van der Waals surface area contributed by atoms with Crippen LogP contribution in [0, 0.1) is 11.8 Å². The highest BCUT2D eigenvalue weighted by Gasteiger charge is 2.28. The van der Waals surface area contributed by atoms with Gasteiger partial charge >= 0.3 is 5.97 Å². The van der Waals surface area contributed by atoms with Gasteiger partial charge in [0.15, 0.2) is 0 Å². The average molecular weight is 416 g/mol. The fourth-order valence-electron chi connectivity index (χ4n) is 2.57. The SMILES string of the molecule is CCC(C)C(N)C(=O)NCC(=O)NC(C(=O)NC(CCCCN)C(=O)O)C(C)C. The highest BCUT2D eigenvalue weighted by Crippen LogP contribution is 2.06. The number of carboxylic acids is 1. The van der Waals surface area contributed by atoms with Crippen LogP contribution in [-0.2, 0) is 19.2 Å². The van der Waals surface area contributed by atoms with E-state index in [1.54, 1.807) is 13.8 Å². The predicted octanol–water partition coefficient (Wildman–Crippen LogP) is -0.685. The van der Waals surface area contributed by atoms with Gasteiger partial charge in [-0.05, 0) is 37.6 Å². The molecule has 4 atom stereocenters. The fraction of sp³-hybridized carbons (Fsp3) is 0.789. The number of carbonyl (C=O) groups is 4. The summed E-state index contributed by atoms with van der Waals surface area (Å²) < 4.78 is 0. The molecule has 8 N–H and O–H groups in total. The molecular weight excluding hydrogens is 378 g/mol. The molecule has 10 nitrogen and oxygen atoms in total. The second kappa shape index (κ2) is 13.9. The largest absolute Gasteiger partial charge is 0.480 e. The monoisotopic (exact) mass is 415 g/mol. The van der Waals surface area contributed by atoms with Crippen molar-refractivity contribution >= 4 is 23.7 Å². The van der Waals surface area contributed by atoms with Crippen LogP contribution in [0.4, 0.5) is 0 Å². The van der Waals surface area contributed by atoms with E-state index in [9.17, 15) is 24.3 Å². The summed E-state index contributed by atoms with van der Waals surface area (Å²) in [4.78, 5) is 48.1. The van der Waals surface area contributed by atoms with Gasteiger partial charge in [0.1, 0.15) is 12.1 Å². The van der Waals surface area contributed by atoms with Crippen LogP contribution in [0.5, 0.6) is 0 Å². The summed E-state index contributed by atoms with van der Waals surface area (Å²) in [5.74, 6) is -3.04. The molecule has 4 unspecified atom stereocenters. The summed E-state index contributed by atoms with van der Waals surface area (Å²) in [7, 11) is 0. The Kier molecular flexibility index (Phi) is 12.8. The zero-order chi connectivity index (χ0) is 22.6. The number of nitrogens with two attached hydrogens (primary N) is 2. The van der Waals surface area contributed by atoms with Gasteiger partial charge in [0.2, 0.25) is 17.7 Å². The quantitative estimate of drug-likeness (QED) is 0.203. The van der Waals surface area contributed by atoms with E-state index in [1.807, 2.05) is 13.8 Å². The van der Waals surface area contributed by atoms with Gasteiger partial charge in [-0.2, -0.15) is 0 Å². The summed E-state index contributed by atoms with van der Waals surface area (Å²) >= 11 is 0. The first kappa shape index (κ1) is 26.8. The molecule has 0 aliphatic carbocycles. The summed E-state index contributed by atoms with van der Waals surface area (Å²) in [6.45, 7) is 7.33. The van der Waals surface area contributed by atoms with E-state index in [0.29, 0.717) is 19.4 Å². The van der Waals surface area contributed by atoms with Crippen LogP contribution in [-0.4, -0.2) is 60.0 Å². The molecular formula is C19H37N5O5. The van der Waals surface area contributed by atoms with Crippen LogP contribution in [0.25, 0.3) is 0 Å². The molecule has 0 fully saturated rings. The number of carboxylic acid groups (broad SMARTS) is 1. The fourth-order valence-corrected chi connectivity index (χ4v) is 2.57. The van der Waals surface area contributed by atoms with E-state index in [4.69, 9.17) is 11.5 Å². The van der Waals surface area contributed by atoms with Crippen molar-refractivity contribution in [1.82, 2.24) is 16.0 Å². The van der Waals surface area contributed by atoms with Crippen LogP contribution in [0.2, 0.25) is 0 Å². The summed E-state index contributed by atoms with van der Waals surface area (Å²) in [6, 6.07) is -2.71. The molecule has 0 aromatic rings. The van der Waals surface area contributed by atoms with E-state index < -0.39 is 41.8 Å². The number of hydrogen-bond acceptors (Lipinski definition) is 6. The number of amides is 3. The lowest BCUT2D eigenvalue weighted by Crippen LogP contribution is -2.55. The van der Waals surface area contributed by atoms with E-state index in [1.165, 1.54) is 0 Å². The Morgan fingerprint density at radius 1 is 1.00 bits per heavy atom. The third-order valence-electron chi connectivity index (χ3n) is 4.81. The normalized spacial score (nSPS) is 15.1. The standard InChI is InChI=1S/C19H37N5O5/c1-5-12(4)15(21)17(26)22-10-14(25)24-16(11(2)3)18(27)23-13(19(28)29)8-6-7-9-20/h11-13,15-16H,5-10,20-21H2,1-4H3,(H,22,26)(H,23,27)(H,24,25)(H,28,29). The van der Waals surface area contributed by atoms with Gasteiger partial charge in [0, 0.05) is 0 Å². The minimum absolute atomic E-state index is 0.0283. The number of hydrogen-bond donors (Lipinski definition) is 6. The number of aliphatic carboxylic acids is 1. The lowest BCUT2D eigenvalue weighted by atomic mass is 9.99. The number of nitrogens with one attached hydrogen (secondary N) is 3. The van der Waals surface area contributed by atoms with Gasteiger partial charge < -0.3 is 32.5 Å². The molecule has 0 rings (SSSR count). The highest BCUT2D eigenvalue weighted by molar-refractivity contribution is 5.92. The topological polar surface area (TPSA) is 177 Å². The molecule has 0 heterocycles. The second-order valence-electron chi connectivity index (χ2n) is 7.60. The van der Waals surface area contributed by atoms with Crippen molar-refractivity contribution in [2.75, 3.05) is 13.1 Å². The molecule has 0 radical (unpaired) electrons. The molecule has 0 saturated heterocycles. The van der Waals surface area contributed by atoms with Crippen molar-refractivity contribution < 1.29 is 24.3 Å². The summed E-state index contributed by atoms with van der Waals surface area (Å²) in [6.07, 6.45) is 2.20. The first-order valence-corrected chi connectivity index (χ1v) is 10.1. The zero-order valence-corrected chi connectivity index (χ0v) is 17.9. The Hall–Kier alpha value is -2.20. The molecule has 29 heavy (non-hydrogen) atoms. The molecule has 0 spiro atoms. The van der Waals surface area contributed by atoms with E-state index in [2.05, 4.69) is 16.0 Å². The molecule has 3 amide bonds. The third kappa shape index (κ3) is 10.2. The molecule has 0 aliphatic rings. The maximum absolute atomic E-state index is 12.5. The smallest absolute Gasteiger partial charge is 0.326 e. The first-order valence-electron chi connectivity index (χ1n) is 10.1. The van der Waals surface area contributed by atoms with E-state index in [0.717, 1.165) is 6.42 Å². The van der Waals surface area contributed by atoms with E-state index >= 15 is 0 Å². The van der Waals surface area contributed by atoms with Crippen molar-refractivity contribution in [3.05, 3.63) is 0 Å². The van der Waals surface area contributed by atoms with Crippen LogP contribution in [0.3, 0.4) is 0 Å². The predicted molar refractivity (Wildman–Crippen MR) is 110 cm³/mol. The molecule has 168 valence electrons.